The van der Waals surface area contributed by atoms with E-state index in [4.69, 9.17) is 10.5 Å². The third-order valence-electron chi connectivity index (χ3n) is 4.01. The van der Waals surface area contributed by atoms with E-state index in [1.165, 1.54) is 0 Å². The summed E-state index contributed by atoms with van der Waals surface area (Å²) in [5, 5.41) is 10.2. The predicted molar refractivity (Wildman–Crippen MR) is 89.5 cm³/mol. The highest BCUT2D eigenvalue weighted by atomic mass is 32.2. The fourth-order valence-corrected chi connectivity index (χ4v) is 3.89. The molecule has 1 aliphatic rings. The Morgan fingerprint density at radius 2 is 2.04 bits per heavy atom. The largest absolute Gasteiger partial charge is 0.390 e. The molecule has 1 unspecified atom stereocenters. The Bertz CT molecular complexity index is 724. The van der Waals surface area contributed by atoms with Crippen molar-refractivity contribution in [3.05, 3.63) is 34.9 Å². The van der Waals surface area contributed by atoms with Gasteiger partial charge in [-0.2, -0.15) is 0 Å². The highest BCUT2D eigenvalue weighted by molar-refractivity contribution is 7.89. The monoisotopic (exact) mass is 340 g/mol. The maximum atomic E-state index is 11.7. The minimum Gasteiger partial charge on any atom is -0.390 e. The molecule has 1 heterocycles. The lowest BCUT2D eigenvalue weighted by molar-refractivity contribution is -0.123. The fourth-order valence-electron chi connectivity index (χ4n) is 2.80. The first kappa shape index (κ1) is 17.9. The maximum absolute atomic E-state index is 11.7. The van der Waals surface area contributed by atoms with E-state index in [1.807, 2.05) is 33.8 Å². The van der Waals surface area contributed by atoms with Gasteiger partial charge in [0, 0.05) is 5.56 Å². The summed E-state index contributed by atoms with van der Waals surface area (Å²) in [4.78, 5) is 0. The Hall–Kier alpha value is -1.44. The molecule has 1 aromatic rings. The number of hydrogen-bond donors (Lipinski definition) is 2. The molecule has 0 spiro atoms. The number of amidine groups is 1. The van der Waals surface area contributed by atoms with Gasteiger partial charge in [0.15, 0.2) is 0 Å². The maximum Gasteiger partial charge on any atom is 0.259 e. The minimum absolute atomic E-state index is 0.00679. The van der Waals surface area contributed by atoms with Crippen molar-refractivity contribution < 1.29 is 18.3 Å². The zero-order chi connectivity index (χ0) is 17.4. The first-order valence-electron chi connectivity index (χ1n) is 7.55. The molecule has 0 bridgehead atoms. The zero-order valence-corrected chi connectivity index (χ0v) is 14.7. The second-order valence-electron chi connectivity index (χ2n) is 6.74. The fraction of sp³-hybridized carbons (Fsp3) is 0.562. The number of aliphatic hydroxyl groups is 1. The Morgan fingerprint density at radius 1 is 1.39 bits per heavy atom. The molecule has 0 aromatic heterocycles. The molecule has 1 atom stereocenters. The number of nitrogens with zero attached hydrogens (tertiary/aromatic N) is 1. The zero-order valence-electron chi connectivity index (χ0n) is 13.9. The van der Waals surface area contributed by atoms with Crippen LogP contribution in [0.4, 0.5) is 0 Å². The molecule has 3 N–H and O–H groups in total. The van der Waals surface area contributed by atoms with Crippen LogP contribution in [0.25, 0.3) is 0 Å². The third-order valence-corrected chi connectivity index (χ3v) is 5.16. The van der Waals surface area contributed by atoms with E-state index < -0.39 is 21.7 Å². The molecule has 0 amide bonds. The van der Waals surface area contributed by atoms with E-state index >= 15 is 0 Å². The van der Waals surface area contributed by atoms with Gasteiger partial charge in [-0.1, -0.05) is 32.0 Å². The molecule has 128 valence electrons. The number of benzene rings is 1. The van der Waals surface area contributed by atoms with Crippen LogP contribution in [0.15, 0.2) is 22.6 Å². The summed E-state index contributed by atoms with van der Waals surface area (Å²) in [5.41, 5.74) is 7.12. The molecule has 7 heteroatoms. The highest BCUT2D eigenvalue weighted by Crippen LogP contribution is 2.27. The summed E-state index contributed by atoms with van der Waals surface area (Å²) in [6.07, 6.45) is -0.617. The average Bonchev–Trinajstić information content (AvgIpc) is 2.42. The molecule has 0 fully saturated rings. The van der Waals surface area contributed by atoms with E-state index in [2.05, 4.69) is 4.40 Å². The van der Waals surface area contributed by atoms with Crippen LogP contribution in [0.2, 0.25) is 0 Å². The van der Waals surface area contributed by atoms with Gasteiger partial charge >= 0.3 is 0 Å². The van der Waals surface area contributed by atoms with Gasteiger partial charge in [0.2, 0.25) is 0 Å². The lowest BCUT2D eigenvalue weighted by atomic mass is 9.92. The van der Waals surface area contributed by atoms with Crippen molar-refractivity contribution in [2.45, 2.75) is 51.8 Å². The van der Waals surface area contributed by atoms with E-state index in [1.54, 1.807) is 12.1 Å². The topological polar surface area (TPSA) is 102 Å². The van der Waals surface area contributed by atoms with Crippen LogP contribution in [0.3, 0.4) is 0 Å². The average molecular weight is 340 g/mol. The number of rotatable bonds is 5. The van der Waals surface area contributed by atoms with Gasteiger partial charge in [-0.25, -0.2) is 8.42 Å². The van der Waals surface area contributed by atoms with Crippen molar-refractivity contribution in [3.8, 4) is 0 Å². The van der Waals surface area contributed by atoms with E-state index in [0.29, 0.717) is 11.1 Å². The molecule has 0 radical (unpaired) electrons. The molecule has 2 rings (SSSR count). The van der Waals surface area contributed by atoms with Gasteiger partial charge in [0.1, 0.15) is 5.84 Å². The van der Waals surface area contributed by atoms with Crippen LogP contribution < -0.4 is 5.73 Å². The Balaban J connectivity index is 2.27. The molecule has 1 aliphatic heterocycles. The number of ether oxygens (including phenoxy) is 1. The summed E-state index contributed by atoms with van der Waals surface area (Å²) in [6, 6.07) is 5.33. The minimum atomic E-state index is -3.55. The van der Waals surface area contributed by atoms with Gasteiger partial charge < -0.3 is 15.6 Å². The summed E-state index contributed by atoms with van der Waals surface area (Å²) < 4.78 is 32.9. The van der Waals surface area contributed by atoms with Crippen LogP contribution in [0, 0.1) is 5.92 Å². The third kappa shape index (κ3) is 3.91. The van der Waals surface area contributed by atoms with E-state index in [-0.39, 0.29) is 24.1 Å². The SMILES string of the molecule is CC(C)C(O)C(C)(C)OCc1cccc2c1C(N)=NS(=O)(=O)C2. The van der Waals surface area contributed by atoms with Crippen molar-refractivity contribution in [1.82, 2.24) is 0 Å². The smallest absolute Gasteiger partial charge is 0.259 e. The molecular formula is C16H24N2O4S. The normalized spacial score (nSPS) is 18.4. The first-order valence-corrected chi connectivity index (χ1v) is 9.15. The molecular weight excluding hydrogens is 316 g/mol. The van der Waals surface area contributed by atoms with Gasteiger partial charge in [0.05, 0.1) is 24.1 Å². The molecule has 0 saturated carbocycles. The van der Waals surface area contributed by atoms with Gasteiger partial charge in [-0.15, -0.1) is 4.40 Å². The van der Waals surface area contributed by atoms with Gasteiger partial charge in [-0.05, 0) is 30.9 Å². The van der Waals surface area contributed by atoms with Crippen LogP contribution in [0.5, 0.6) is 0 Å². The lowest BCUT2D eigenvalue weighted by Gasteiger charge is -2.33. The summed E-state index contributed by atoms with van der Waals surface area (Å²) in [6.45, 7) is 7.73. The van der Waals surface area contributed by atoms with Crippen molar-refractivity contribution >= 4 is 15.9 Å². The summed E-state index contributed by atoms with van der Waals surface area (Å²) in [7, 11) is -3.55. The van der Waals surface area contributed by atoms with Crippen molar-refractivity contribution in [2.24, 2.45) is 16.0 Å². The van der Waals surface area contributed by atoms with Gasteiger partial charge in [0.25, 0.3) is 10.0 Å². The molecule has 0 aliphatic carbocycles. The number of aliphatic hydroxyl groups excluding tert-OH is 1. The summed E-state index contributed by atoms with van der Waals surface area (Å²) >= 11 is 0. The number of hydrogen-bond acceptors (Lipinski definition) is 5. The number of sulfonamides is 1. The Kier molecular flexibility index (Phi) is 4.84. The molecule has 0 saturated heterocycles. The van der Waals surface area contributed by atoms with Crippen LogP contribution >= 0.6 is 0 Å². The highest BCUT2D eigenvalue weighted by Gasteiger charge is 2.32. The van der Waals surface area contributed by atoms with Crippen LogP contribution in [0.1, 0.15) is 44.4 Å². The first-order chi connectivity index (χ1) is 10.5. The Morgan fingerprint density at radius 3 is 2.65 bits per heavy atom. The number of nitrogens with two attached hydrogens (primary N) is 1. The Labute approximate surface area is 137 Å². The van der Waals surface area contributed by atoms with Crippen LogP contribution in [-0.2, 0) is 27.1 Å². The van der Waals surface area contributed by atoms with Crippen molar-refractivity contribution in [3.63, 3.8) is 0 Å². The van der Waals surface area contributed by atoms with Crippen molar-refractivity contribution in [1.29, 1.82) is 0 Å². The van der Waals surface area contributed by atoms with Gasteiger partial charge in [-0.3, -0.25) is 0 Å². The standard InChI is InChI=1S/C16H24N2O4S/c1-10(2)14(19)16(3,4)22-8-11-6-5-7-12-9-23(20,21)18-15(17)13(11)12/h5-7,10,14,19H,8-9H2,1-4H3,(H2,17,18). The number of fused-ring (bicyclic) bond motifs is 1. The molecule has 23 heavy (non-hydrogen) atoms. The summed E-state index contributed by atoms with van der Waals surface area (Å²) in [5.74, 6) is -0.103. The predicted octanol–water partition coefficient (Wildman–Crippen LogP) is 1.55. The van der Waals surface area contributed by atoms with E-state index in [9.17, 15) is 13.5 Å². The quantitative estimate of drug-likeness (QED) is 0.846. The van der Waals surface area contributed by atoms with Crippen LogP contribution in [-0.4, -0.2) is 31.1 Å². The molecule has 1 aromatic carbocycles. The second-order valence-corrected chi connectivity index (χ2v) is 8.37. The van der Waals surface area contributed by atoms with E-state index in [0.717, 1.165) is 5.56 Å². The molecule has 6 nitrogen and oxygen atoms in total. The van der Waals surface area contributed by atoms with Crippen molar-refractivity contribution in [2.75, 3.05) is 0 Å². The lowest BCUT2D eigenvalue weighted by Crippen LogP contribution is -2.42. The second kappa shape index (κ2) is 6.22.